The van der Waals surface area contributed by atoms with Gasteiger partial charge in [-0.15, -0.1) is 11.3 Å². The number of aliphatic hydroxyl groups excluding tert-OH is 2. The van der Waals surface area contributed by atoms with E-state index < -0.39 is 12.4 Å². The molecular formula is C7H10O3S. The van der Waals surface area contributed by atoms with Crippen molar-refractivity contribution in [2.75, 3.05) is 0 Å². The second-order valence-electron chi connectivity index (χ2n) is 2.29. The molecule has 1 heterocycles. The molecule has 0 saturated heterocycles. The molecule has 0 aromatic carbocycles. The normalized spacial score (nSPS) is 13.9. The van der Waals surface area contributed by atoms with Gasteiger partial charge in [-0.3, -0.25) is 0 Å². The minimum atomic E-state index is -1.47. The molecule has 1 unspecified atom stereocenters. The molecule has 0 saturated carbocycles. The fourth-order valence-corrected chi connectivity index (χ4v) is 1.74. The first kappa shape index (κ1) is 8.67. The zero-order valence-electron chi connectivity index (χ0n) is 6.06. The molecule has 4 heteroatoms. The molecule has 1 rings (SSSR count). The highest BCUT2D eigenvalue weighted by Gasteiger charge is 2.13. The zero-order valence-corrected chi connectivity index (χ0v) is 6.88. The van der Waals surface area contributed by atoms with Gasteiger partial charge in [-0.05, 0) is 23.9 Å². The summed E-state index contributed by atoms with van der Waals surface area (Å²) in [6, 6.07) is 1.68. The van der Waals surface area contributed by atoms with Crippen LogP contribution >= 0.6 is 11.3 Å². The molecule has 62 valence electrons. The predicted octanol–water partition coefficient (Wildman–Crippen LogP) is 0.785. The molecule has 0 fully saturated rings. The Morgan fingerprint density at radius 2 is 2.00 bits per heavy atom. The van der Waals surface area contributed by atoms with E-state index >= 15 is 0 Å². The van der Waals surface area contributed by atoms with Crippen molar-refractivity contribution < 1.29 is 15.3 Å². The lowest BCUT2D eigenvalue weighted by molar-refractivity contribution is -0.0412. The van der Waals surface area contributed by atoms with E-state index in [2.05, 4.69) is 0 Å². The van der Waals surface area contributed by atoms with E-state index in [4.69, 9.17) is 15.3 Å². The highest BCUT2D eigenvalue weighted by molar-refractivity contribution is 7.10. The number of hydrogen-bond acceptors (Lipinski definition) is 4. The van der Waals surface area contributed by atoms with Crippen molar-refractivity contribution in [3.8, 4) is 0 Å². The van der Waals surface area contributed by atoms with Crippen LogP contribution in [0, 0.1) is 0 Å². The predicted molar refractivity (Wildman–Crippen MR) is 42.1 cm³/mol. The van der Waals surface area contributed by atoms with Crippen LogP contribution in [0.5, 0.6) is 0 Å². The first-order valence-corrected chi connectivity index (χ1v) is 4.12. The first-order chi connectivity index (χ1) is 5.13. The van der Waals surface area contributed by atoms with E-state index in [0.29, 0.717) is 10.4 Å². The lowest BCUT2D eigenvalue weighted by Crippen LogP contribution is -1.98. The summed E-state index contributed by atoms with van der Waals surface area (Å²) in [5.74, 6) is 0. The van der Waals surface area contributed by atoms with Gasteiger partial charge in [-0.25, -0.2) is 0 Å². The SMILES string of the molecule is CC(O)c1ccsc1C(O)O. The monoisotopic (exact) mass is 174 g/mol. The summed E-state index contributed by atoms with van der Waals surface area (Å²) in [6.45, 7) is 1.59. The molecule has 1 aromatic rings. The van der Waals surface area contributed by atoms with Gasteiger partial charge in [0.2, 0.25) is 0 Å². The first-order valence-electron chi connectivity index (χ1n) is 3.24. The molecule has 0 radical (unpaired) electrons. The van der Waals surface area contributed by atoms with Gasteiger partial charge in [0.15, 0.2) is 6.29 Å². The van der Waals surface area contributed by atoms with Crippen molar-refractivity contribution >= 4 is 11.3 Å². The van der Waals surface area contributed by atoms with Crippen molar-refractivity contribution in [2.24, 2.45) is 0 Å². The van der Waals surface area contributed by atoms with E-state index in [1.165, 1.54) is 11.3 Å². The third-order valence-electron chi connectivity index (χ3n) is 1.41. The number of rotatable bonds is 2. The molecule has 0 bridgehead atoms. The standard InChI is InChI=1S/C7H10O3S/c1-4(8)5-2-3-11-6(5)7(9)10/h2-4,7-10H,1H3. The Labute approximate surface area is 68.5 Å². The maximum atomic E-state index is 9.13. The fourth-order valence-electron chi connectivity index (χ4n) is 0.886. The highest BCUT2D eigenvalue weighted by Crippen LogP contribution is 2.27. The summed E-state index contributed by atoms with van der Waals surface area (Å²) in [6.07, 6.45) is -2.11. The highest BCUT2D eigenvalue weighted by atomic mass is 32.1. The Bertz CT molecular complexity index is 207. The average molecular weight is 174 g/mol. The molecule has 11 heavy (non-hydrogen) atoms. The maximum absolute atomic E-state index is 9.13. The van der Waals surface area contributed by atoms with Gasteiger partial charge in [0, 0.05) is 0 Å². The Balaban J connectivity index is 2.96. The summed E-state index contributed by atoms with van der Waals surface area (Å²) >= 11 is 1.23. The van der Waals surface area contributed by atoms with Crippen molar-refractivity contribution in [3.05, 3.63) is 21.9 Å². The third-order valence-corrected chi connectivity index (χ3v) is 2.38. The Morgan fingerprint density at radius 3 is 2.36 bits per heavy atom. The van der Waals surface area contributed by atoms with Crippen LogP contribution in [-0.4, -0.2) is 15.3 Å². The molecular weight excluding hydrogens is 164 g/mol. The van der Waals surface area contributed by atoms with Gasteiger partial charge in [-0.1, -0.05) is 0 Å². The van der Waals surface area contributed by atoms with Crippen LogP contribution in [0.4, 0.5) is 0 Å². The van der Waals surface area contributed by atoms with Gasteiger partial charge < -0.3 is 15.3 Å². The number of aliphatic hydroxyl groups is 3. The van der Waals surface area contributed by atoms with Crippen molar-refractivity contribution in [2.45, 2.75) is 19.3 Å². The summed E-state index contributed by atoms with van der Waals surface area (Å²) < 4.78 is 0. The molecule has 0 aliphatic carbocycles. The molecule has 0 aliphatic rings. The molecule has 0 amide bonds. The molecule has 1 aromatic heterocycles. The van der Waals surface area contributed by atoms with Crippen molar-refractivity contribution in [1.82, 2.24) is 0 Å². The summed E-state index contributed by atoms with van der Waals surface area (Å²) in [4.78, 5) is 0.417. The second-order valence-corrected chi connectivity index (χ2v) is 3.24. The fraction of sp³-hybridized carbons (Fsp3) is 0.429. The van der Waals surface area contributed by atoms with Gasteiger partial charge in [-0.2, -0.15) is 0 Å². The smallest absolute Gasteiger partial charge is 0.188 e. The van der Waals surface area contributed by atoms with Crippen LogP contribution in [0.1, 0.15) is 29.8 Å². The molecule has 3 N–H and O–H groups in total. The molecule has 0 spiro atoms. The van der Waals surface area contributed by atoms with Crippen LogP contribution in [0.25, 0.3) is 0 Å². The minimum Gasteiger partial charge on any atom is -0.389 e. The van der Waals surface area contributed by atoms with Gasteiger partial charge in [0.1, 0.15) is 0 Å². The van der Waals surface area contributed by atoms with E-state index in [1.54, 1.807) is 18.4 Å². The summed E-state index contributed by atoms with van der Waals surface area (Å²) in [7, 11) is 0. The summed E-state index contributed by atoms with van der Waals surface area (Å²) in [5, 5.41) is 28.4. The van der Waals surface area contributed by atoms with Crippen LogP contribution in [-0.2, 0) is 0 Å². The van der Waals surface area contributed by atoms with Crippen molar-refractivity contribution in [3.63, 3.8) is 0 Å². The van der Waals surface area contributed by atoms with E-state index in [1.807, 2.05) is 0 Å². The van der Waals surface area contributed by atoms with Crippen LogP contribution in [0.3, 0.4) is 0 Å². The van der Waals surface area contributed by atoms with Crippen LogP contribution in [0.2, 0.25) is 0 Å². The summed E-state index contributed by atoms with van der Waals surface area (Å²) in [5.41, 5.74) is 0.588. The lowest BCUT2D eigenvalue weighted by atomic mass is 10.1. The zero-order chi connectivity index (χ0) is 8.43. The van der Waals surface area contributed by atoms with Gasteiger partial charge in [0.25, 0.3) is 0 Å². The lowest BCUT2D eigenvalue weighted by Gasteiger charge is -2.06. The average Bonchev–Trinajstić information content (AvgIpc) is 2.32. The topological polar surface area (TPSA) is 60.7 Å². The number of thiophene rings is 1. The third kappa shape index (κ3) is 1.78. The van der Waals surface area contributed by atoms with Gasteiger partial charge in [0.05, 0.1) is 11.0 Å². The van der Waals surface area contributed by atoms with E-state index in [9.17, 15) is 0 Å². The van der Waals surface area contributed by atoms with Gasteiger partial charge >= 0.3 is 0 Å². The Hall–Kier alpha value is -0.420. The quantitative estimate of drug-likeness (QED) is 0.581. The largest absolute Gasteiger partial charge is 0.389 e. The molecule has 3 nitrogen and oxygen atoms in total. The Morgan fingerprint density at radius 1 is 1.36 bits per heavy atom. The van der Waals surface area contributed by atoms with Crippen molar-refractivity contribution in [1.29, 1.82) is 0 Å². The van der Waals surface area contributed by atoms with E-state index in [0.717, 1.165) is 0 Å². The van der Waals surface area contributed by atoms with Crippen LogP contribution < -0.4 is 0 Å². The molecule has 0 aliphatic heterocycles. The Kier molecular flexibility index (Phi) is 2.62. The number of hydrogen-bond donors (Lipinski definition) is 3. The minimum absolute atomic E-state index is 0.417. The molecule has 1 atom stereocenters. The maximum Gasteiger partial charge on any atom is 0.188 e. The van der Waals surface area contributed by atoms with E-state index in [-0.39, 0.29) is 0 Å². The van der Waals surface area contributed by atoms with Crippen LogP contribution in [0.15, 0.2) is 11.4 Å². The second kappa shape index (κ2) is 3.32.